The van der Waals surface area contributed by atoms with Gasteiger partial charge in [0.25, 0.3) is 11.5 Å². The monoisotopic (exact) mass is 582 g/mol. The first-order valence-electron chi connectivity index (χ1n) is 12.9. The van der Waals surface area contributed by atoms with Gasteiger partial charge in [0.15, 0.2) is 5.69 Å². The lowest BCUT2D eigenvalue weighted by Crippen LogP contribution is -2.50. The van der Waals surface area contributed by atoms with Crippen molar-refractivity contribution in [1.82, 2.24) is 9.13 Å². The van der Waals surface area contributed by atoms with Gasteiger partial charge in [-0.15, -0.1) is 0 Å². The summed E-state index contributed by atoms with van der Waals surface area (Å²) in [5, 5.41) is 22.0. The number of aromatic nitrogens is 2. The first kappa shape index (κ1) is 31.8. The van der Waals surface area contributed by atoms with Gasteiger partial charge in [-0.05, 0) is 69.4 Å². The van der Waals surface area contributed by atoms with Crippen molar-refractivity contribution in [2.45, 2.75) is 60.0 Å². The Hall–Kier alpha value is -4.75. The predicted molar refractivity (Wildman–Crippen MR) is 153 cm³/mol. The number of nitrogens with zero attached hydrogens (tertiary/aromatic N) is 3. The van der Waals surface area contributed by atoms with Crippen LogP contribution in [0.2, 0.25) is 0 Å². The molecule has 4 N–H and O–H groups in total. The maximum Gasteiger partial charge on any atom is 0.337 e. The minimum atomic E-state index is -2.29. The number of para-hydroxylation sites is 1. The Balaban J connectivity index is 2.05. The topological polar surface area (TPSA) is 183 Å². The molecule has 0 bridgehead atoms. The van der Waals surface area contributed by atoms with E-state index in [4.69, 9.17) is 15.2 Å². The zero-order chi connectivity index (χ0) is 31.7. The average Bonchev–Trinajstić information content (AvgIpc) is 2.92. The fraction of sp³-hybridized carbons (Fsp3) is 0.345. The van der Waals surface area contributed by atoms with Crippen molar-refractivity contribution in [3.63, 3.8) is 0 Å². The molecule has 13 heteroatoms. The molecule has 1 unspecified atom stereocenters. The van der Waals surface area contributed by atoms with Gasteiger partial charge in [-0.25, -0.2) is 9.36 Å². The van der Waals surface area contributed by atoms with Gasteiger partial charge < -0.3 is 20.3 Å². The Bertz CT molecular complexity index is 1690. The van der Waals surface area contributed by atoms with Crippen LogP contribution in [-0.2, 0) is 27.9 Å². The zero-order valence-corrected chi connectivity index (χ0v) is 24.5. The van der Waals surface area contributed by atoms with Gasteiger partial charge in [-0.1, -0.05) is 18.2 Å². The van der Waals surface area contributed by atoms with Crippen molar-refractivity contribution in [3.05, 3.63) is 73.4 Å². The molecular formula is C29H34N4O9. The first-order chi connectivity index (χ1) is 19.5. The predicted octanol–water partition coefficient (Wildman–Crippen LogP) is 2.00. The number of anilines is 2. The Labute approximate surface area is 241 Å². The van der Waals surface area contributed by atoms with Crippen LogP contribution in [-0.4, -0.2) is 42.9 Å². The summed E-state index contributed by atoms with van der Waals surface area (Å²) in [4.78, 5) is 62.9. The number of amides is 1. The van der Waals surface area contributed by atoms with Gasteiger partial charge in [0.2, 0.25) is 0 Å². The second kappa shape index (κ2) is 12.0. The molecule has 0 aliphatic heterocycles. The van der Waals surface area contributed by atoms with Crippen molar-refractivity contribution in [1.29, 1.82) is 0 Å². The summed E-state index contributed by atoms with van der Waals surface area (Å²) in [6.45, 7) is 8.59. The maximum absolute atomic E-state index is 13.4. The molecule has 2 aromatic carbocycles. The molecule has 3 rings (SSSR count). The number of hydroxylamine groups is 1. The summed E-state index contributed by atoms with van der Waals surface area (Å²) < 4.78 is 12.5. The molecular weight excluding hydrogens is 548 g/mol. The second-order valence-electron chi connectivity index (χ2n) is 10.1. The Kier molecular flexibility index (Phi) is 9.08. The van der Waals surface area contributed by atoms with Crippen LogP contribution in [0.25, 0.3) is 5.69 Å². The summed E-state index contributed by atoms with van der Waals surface area (Å²) >= 11 is 0. The molecule has 0 saturated heterocycles. The van der Waals surface area contributed by atoms with E-state index in [1.165, 1.54) is 13.8 Å². The lowest BCUT2D eigenvalue weighted by Gasteiger charge is -2.28. The van der Waals surface area contributed by atoms with Crippen LogP contribution in [0.4, 0.5) is 11.5 Å². The van der Waals surface area contributed by atoms with E-state index in [-0.39, 0.29) is 35.1 Å². The number of esters is 2. The number of ether oxygens (including phenoxy) is 2. The zero-order valence-electron chi connectivity index (χ0n) is 24.5. The molecule has 13 nitrogen and oxygen atoms in total. The van der Waals surface area contributed by atoms with Gasteiger partial charge in [-0.2, -0.15) is 5.06 Å². The third-order valence-electron chi connectivity index (χ3n) is 7.01. The summed E-state index contributed by atoms with van der Waals surface area (Å²) in [6, 6.07) is 8.05. The average molecular weight is 583 g/mol. The summed E-state index contributed by atoms with van der Waals surface area (Å²) in [7, 11) is 1.16. The Morgan fingerprint density at radius 2 is 1.48 bits per heavy atom. The molecule has 3 aromatic rings. The maximum atomic E-state index is 13.4. The van der Waals surface area contributed by atoms with Crippen molar-refractivity contribution in [2.75, 3.05) is 10.8 Å². The van der Waals surface area contributed by atoms with E-state index in [0.717, 1.165) is 18.5 Å². The van der Waals surface area contributed by atoms with Gasteiger partial charge in [-0.3, -0.25) is 29.0 Å². The van der Waals surface area contributed by atoms with Gasteiger partial charge in [0, 0.05) is 26.5 Å². The van der Waals surface area contributed by atoms with Gasteiger partial charge in [0.1, 0.15) is 22.9 Å². The molecule has 0 fully saturated rings. The number of nitrogen functional groups attached to an aromatic ring is 1. The van der Waals surface area contributed by atoms with Gasteiger partial charge in [0.05, 0.1) is 5.69 Å². The summed E-state index contributed by atoms with van der Waals surface area (Å²) in [6.07, 6.45) is -0.411. The largest absolute Gasteiger partial charge is 0.426 e. The highest BCUT2D eigenvalue weighted by atomic mass is 16.5. The van der Waals surface area contributed by atoms with E-state index < -0.39 is 46.2 Å². The van der Waals surface area contributed by atoms with Crippen LogP contribution in [0.15, 0.2) is 39.9 Å². The van der Waals surface area contributed by atoms with Crippen LogP contribution < -0.4 is 31.5 Å². The Morgan fingerprint density at radius 3 is 2.02 bits per heavy atom. The van der Waals surface area contributed by atoms with E-state index in [1.807, 2.05) is 0 Å². The highest BCUT2D eigenvalue weighted by Crippen LogP contribution is 2.39. The molecule has 0 radical (unpaired) electrons. The van der Waals surface area contributed by atoms with Crippen molar-refractivity contribution >= 4 is 29.4 Å². The smallest absolute Gasteiger partial charge is 0.337 e. The van der Waals surface area contributed by atoms with Crippen molar-refractivity contribution < 1.29 is 34.2 Å². The lowest BCUT2D eigenvalue weighted by molar-refractivity contribution is -0.141. The molecule has 1 aromatic heterocycles. The van der Waals surface area contributed by atoms with Crippen molar-refractivity contribution in [3.8, 4) is 17.2 Å². The van der Waals surface area contributed by atoms with Crippen LogP contribution in [0.5, 0.6) is 11.5 Å². The van der Waals surface area contributed by atoms with E-state index in [1.54, 1.807) is 51.1 Å². The minimum Gasteiger partial charge on any atom is -0.426 e. The third kappa shape index (κ3) is 5.97. The van der Waals surface area contributed by atoms with Crippen LogP contribution in [0, 0.1) is 20.8 Å². The number of hydrogen-bond donors (Lipinski definition) is 3. The number of hydrogen-bond acceptors (Lipinski definition) is 10. The lowest BCUT2D eigenvalue weighted by atomic mass is 9.90. The molecule has 1 heterocycles. The SMILES string of the molecule is CC(=O)Oc1c(C)c(C)c(OC(C)=O)c(CCC(C)(O)C(=O)N(O)c2c(N)n(-c3ccccc3)c(=O)n(C)c2=O)c1C. The van der Waals surface area contributed by atoms with E-state index in [0.29, 0.717) is 26.8 Å². The van der Waals surface area contributed by atoms with Gasteiger partial charge >= 0.3 is 17.6 Å². The van der Waals surface area contributed by atoms with E-state index in [9.17, 15) is 34.3 Å². The van der Waals surface area contributed by atoms with E-state index >= 15 is 0 Å². The quantitative estimate of drug-likeness (QED) is 0.154. The second-order valence-corrected chi connectivity index (χ2v) is 10.1. The number of rotatable bonds is 8. The molecule has 1 amide bonds. The van der Waals surface area contributed by atoms with Crippen molar-refractivity contribution in [2.24, 2.45) is 7.05 Å². The normalized spacial score (nSPS) is 12.4. The number of aliphatic hydroxyl groups is 1. The fourth-order valence-electron chi connectivity index (χ4n) is 4.58. The minimum absolute atomic E-state index is 0.0684. The van der Waals surface area contributed by atoms with Crippen LogP contribution >= 0.6 is 0 Å². The molecule has 0 aliphatic carbocycles. The highest BCUT2D eigenvalue weighted by molar-refractivity contribution is 5.98. The number of benzene rings is 2. The molecule has 0 aliphatic rings. The molecule has 0 saturated carbocycles. The van der Waals surface area contributed by atoms with Crippen LogP contribution in [0.3, 0.4) is 0 Å². The summed E-state index contributed by atoms with van der Waals surface area (Å²) in [5.41, 5.74) is 3.41. The molecule has 42 heavy (non-hydrogen) atoms. The number of carbonyl (C=O) groups is 3. The molecule has 0 spiro atoms. The standard InChI is InChI=1S/C29H34N4O9/c1-15-16(2)24(42-19(5)35)21(17(3)23(15)41-18(4)34)13-14-29(6,39)27(37)33(40)22-25(30)32(20-11-9-8-10-12-20)28(38)31(7)26(22)36/h8-12,39-40H,13-14,30H2,1-7H3. The molecule has 224 valence electrons. The number of nitrogens with two attached hydrogens (primary N) is 1. The fourth-order valence-corrected chi connectivity index (χ4v) is 4.58. The molecule has 1 atom stereocenters. The highest BCUT2D eigenvalue weighted by Gasteiger charge is 2.38. The summed E-state index contributed by atoms with van der Waals surface area (Å²) in [5.74, 6) is -2.57. The third-order valence-corrected chi connectivity index (χ3v) is 7.01. The van der Waals surface area contributed by atoms with E-state index in [2.05, 4.69) is 0 Å². The van der Waals surface area contributed by atoms with Crippen LogP contribution in [0.1, 0.15) is 49.4 Å². The number of carbonyl (C=O) groups excluding carboxylic acids is 3. The Morgan fingerprint density at radius 1 is 0.952 bits per heavy atom. The first-order valence-corrected chi connectivity index (χ1v) is 12.9.